The SMILES string of the molecule is CNc1nc(C2(OC)CCOCC2)no1. The Kier molecular flexibility index (Phi) is 2.88. The van der Waals surface area contributed by atoms with E-state index >= 15 is 0 Å². The molecule has 0 aromatic carbocycles. The molecule has 0 amide bonds. The van der Waals surface area contributed by atoms with Crippen LogP contribution in [-0.2, 0) is 15.1 Å². The molecular formula is C9H15N3O3. The summed E-state index contributed by atoms with van der Waals surface area (Å²) in [7, 11) is 3.40. The van der Waals surface area contributed by atoms with Gasteiger partial charge in [0.15, 0.2) is 0 Å². The summed E-state index contributed by atoms with van der Waals surface area (Å²) in [6, 6.07) is 0.410. The van der Waals surface area contributed by atoms with Crippen molar-refractivity contribution in [1.82, 2.24) is 10.1 Å². The van der Waals surface area contributed by atoms with E-state index in [4.69, 9.17) is 14.0 Å². The first-order valence-corrected chi connectivity index (χ1v) is 4.95. The molecule has 1 aromatic rings. The summed E-state index contributed by atoms with van der Waals surface area (Å²) in [5.41, 5.74) is -0.448. The number of rotatable bonds is 3. The second-order valence-corrected chi connectivity index (χ2v) is 3.48. The van der Waals surface area contributed by atoms with Gasteiger partial charge < -0.3 is 19.3 Å². The topological polar surface area (TPSA) is 69.4 Å². The van der Waals surface area contributed by atoms with Gasteiger partial charge in [-0.2, -0.15) is 4.98 Å². The third kappa shape index (κ3) is 1.82. The van der Waals surface area contributed by atoms with E-state index < -0.39 is 5.60 Å². The minimum absolute atomic E-state index is 0.410. The third-order valence-corrected chi connectivity index (χ3v) is 2.74. The Morgan fingerprint density at radius 3 is 2.67 bits per heavy atom. The Bertz CT molecular complexity index is 320. The molecule has 1 saturated heterocycles. The molecule has 0 unspecified atom stereocenters. The molecule has 0 radical (unpaired) electrons. The summed E-state index contributed by atoms with van der Waals surface area (Å²) in [6.45, 7) is 1.33. The smallest absolute Gasteiger partial charge is 0.321 e. The van der Waals surface area contributed by atoms with Gasteiger partial charge in [-0.3, -0.25) is 0 Å². The lowest BCUT2D eigenvalue weighted by atomic mass is 9.93. The normalized spacial score (nSPS) is 20.1. The number of ether oxygens (including phenoxy) is 2. The molecular weight excluding hydrogens is 198 g/mol. The monoisotopic (exact) mass is 213 g/mol. The molecule has 6 heteroatoms. The molecule has 0 bridgehead atoms. The Labute approximate surface area is 87.9 Å². The van der Waals surface area contributed by atoms with Crippen molar-refractivity contribution in [2.45, 2.75) is 18.4 Å². The highest BCUT2D eigenvalue weighted by molar-refractivity contribution is 5.18. The van der Waals surface area contributed by atoms with Crippen LogP contribution in [0.1, 0.15) is 18.7 Å². The maximum Gasteiger partial charge on any atom is 0.321 e. The molecule has 84 valence electrons. The summed E-state index contributed by atoms with van der Waals surface area (Å²) < 4.78 is 15.8. The Morgan fingerprint density at radius 2 is 2.13 bits per heavy atom. The van der Waals surface area contributed by atoms with E-state index in [0.29, 0.717) is 25.1 Å². The van der Waals surface area contributed by atoms with E-state index in [1.165, 1.54) is 0 Å². The van der Waals surface area contributed by atoms with Gasteiger partial charge in [0.05, 0.1) is 0 Å². The molecule has 0 aliphatic carbocycles. The van der Waals surface area contributed by atoms with Gasteiger partial charge in [-0.05, 0) is 0 Å². The van der Waals surface area contributed by atoms with Gasteiger partial charge in [-0.15, -0.1) is 0 Å². The standard InChI is InChI=1S/C9H15N3O3/c1-10-8-11-7(12-15-8)9(13-2)3-5-14-6-4-9/h3-6H2,1-2H3,(H,10,11,12). The molecule has 0 spiro atoms. The second kappa shape index (κ2) is 4.16. The Morgan fingerprint density at radius 1 is 1.40 bits per heavy atom. The number of anilines is 1. The number of aromatic nitrogens is 2. The average Bonchev–Trinajstić information content (AvgIpc) is 2.79. The van der Waals surface area contributed by atoms with E-state index in [2.05, 4.69) is 15.5 Å². The van der Waals surface area contributed by atoms with Gasteiger partial charge in [0.1, 0.15) is 5.60 Å². The second-order valence-electron chi connectivity index (χ2n) is 3.48. The molecule has 2 rings (SSSR count). The van der Waals surface area contributed by atoms with Crippen LogP contribution in [-0.4, -0.2) is 37.5 Å². The van der Waals surface area contributed by atoms with E-state index in [1.54, 1.807) is 14.2 Å². The maximum atomic E-state index is 5.53. The van der Waals surface area contributed by atoms with Gasteiger partial charge in [0.25, 0.3) is 0 Å². The molecule has 2 heterocycles. The van der Waals surface area contributed by atoms with E-state index in [1.807, 2.05) is 0 Å². The van der Waals surface area contributed by atoms with Crippen LogP contribution < -0.4 is 5.32 Å². The summed E-state index contributed by atoms with van der Waals surface area (Å²) >= 11 is 0. The first kappa shape index (κ1) is 10.4. The van der Waals surface area contributed by atoms with Gasteiger partial charge in [-0.25, -0.2) is 0 Å². The van der Waals surface area contributed by atoms with Crippen molar-refractivity contribution in [3.63, 3.8) is 0 Å². The third-order valence-electron chi connectivity index (χ3n) is 2.74. The van der Waals surface area contributed by atoms with Gasteiger partial charge in [0, 0.05) is 40.2 Å². The van der Waals surface area contributed by atoms with Crippen molar-refractivity contribution in [2.24, 2.45) is 0 Å². The summed E-state index contributed by atoms with van der Waals surface area (Å²) in [6.07, 6.45) is 1.51. The fraction of sp³-hybridized carbons (Fsp3) is 0.778. The molecule has 1 aromatic heterocycles. The summed E-state index contributed by atoms with van der Waals surface area (Å²) in [5.74, 6) is 0.595. The van der Waals surface area contributed by atoms with Crippen molar-refractivity contribution in [1.29, 1.82) is 0 Å². The van der Waals surface area contributed by atoms with Crippen LogP contribution in [0, 0.1) is 0 Å². The zero-order valence-corrected chi connectivity index (χ0v) is 8.95. The van der Waals surface area contributed by atoms with Crippen molar-refractivity contribution >= 4 is 6.01 Å². The predicted octanol–water partition coefficient (Wildman–Crippen LogP) is 0.763. The van der Waals surface area contributed by atoms with Crippen LogP contribution in [0.15, 0.2) is 4.52 Å². The first-order chi connectivity index (χ1) is 7.30. The predicted molar refractivity (Wildman–Crippen MR) is 52.6 cm³/mol. The first-order valence-electron chi connectivity index (χ1n) is 4.95. The van der Waals surface area contributed by atoms with Gasteiger partial charge in [0.2, 0.25) is 5.82 Å². The van der Waals surface area contributed by atoms with E-state index in [-0.39, 0.29) is 0 Å². The number of methoxy groups -OCH3 is 1. The van der Waals surface area contributed by atoms with Crippen molar-refractivity contribution in [3.05, 3.63) is 5.82 Å². The van der Waals surface area contributed by atoms with Crippen LogP contribution in [0.3, 0.4) is 0 Å². The zero-order chi connectivity index (χ0) is 10.7. The number of hydrogen-bond acceptors (Lipinski definition) is 6. The van der Waals surface area contributed by atoms with Crippen LogP contribution in [0.25, 0.3) is 0 Å². The lowest BCUT2D eigenvalue weighted by Gasteiger charge is -2.32. The molecule has 6 nitrogen and oxygen atoms in total. The molecule has 1 aliphatic rings. The maximum absolute atomic E-state index is 5.53. The Balaban J connectivity index is 2.24. The highest BCUT2D eigenvalue weighted by Gasteiger charge is 2.39. The molecule has 0 saturated carbocycles. The van der Waals surface area contributed by atoms with E-state index in [0.717, 1.165) is 12.8 Å². The fourth-order valence-electron chi connectivity index (χ4n) is 1.73. The van der Waals surface area contributed by atoms with Crippen molar-refractivity contribution < 1.29 is 14.0 Å². The molecule has 15 heavy (non-hydrogen) atoms. The van der Waals surface area contributed by atoms with E-state index in [9.17, 15) is 0 Å². The highest BCUT2D eigenvalue weighted by Crippen LogP contribution is 2.33. The largest absolute Gasteiger partial charge is 0.381 e. The molecule has 1 aliphatic heterocycles. The summed E-state index contributed by atoms with van der Waals surface area (Å²) in [4.78, 5) is 4.23. The number of nitrogens with one attached hydrogen (secondary N) is 1. The quantitative estimate of drug-likeness (QED) is 0.799. The lowest BCUT2D eigenvalue weighted by molar-refractivity contribution is -0.101. The molecule has 1 N–H and O–H groups in total. The minimum Gasteiger partial charge on any atom is -0.381 e. The highest BCUT2D eigenvalue weighted by atomic mass is 16.5. The van der Waals surface area contributed by atoms with Crippen molar-refractivity contribution in [3.8, 4) is 0 Å². The fourth-order valence-corrected chi connectivity index (χ4v) is 1.73. The zero-order valence-electron chi connectivity index (χ0n) is 8.95. The molecule has 0 atom stereocenters. The van der Waals surface area contributed by atoms with Gasteiger partial charge in [-0.1, -0.05) is 5.16 Å². The summed E-state index contributed by atoms with van der Waals surface area (Å²) in [5, 5.41) is 6.73. The number of nitrogens with zero attached hydrogens (tertiary/aromatic N) is 2. The Hall–Kier alpha value is -1.14. The minimum atomic E-state index is -0.448. The van der Waals surface area contributed by atoms with Crippen molar-refractivity contribution in [2.75, 3.05) is 32.7 Å². The lowest BCUT2D eigenvalue weighted by Crippen LogP contribution is -2.36. The van der Waals surface area contributed by atoms with Crippen LogP contribution in [0.4, 0.5) is 6.01 Å². The van der Waals surface area contributed by atoms with Crippen LogP contribution in [0.5, 0.6) is 0 Å². The average molecular weight is 213 g/mol. The number of hydrogen-bond donors (Lipinski definition) is 1. The van der Waals surface area contributed by atoms with Gasteiger partial charge >= 0.3 is 6.01 Å². The van der Waals surface area contributed by atoms with Crippen LogP contribution >= 0.6 is 0 Å². The molecule has 1 fully saturated rings. The van der Waals surface area contributed by atoms with Crippen LogP contribution in [0.2, 0.25) is 0 Å².